The zero-order chi connectivity index (χ0) is 16.2. The highest BCUT2D eigenvalue weighted by Crippen LogP contribution is 2.22. The van der Waals surface area contributed by atoms with E-state index in [-0.39, 0.29) is 17.2 Å². The van der Waals surface area contributed by atoms with Crippen molar-refractivity contribution in [2.45, 2.75) is 23.3 Å². The maximum atomic E-state index is 13.9. The molecule has 1 aliphatic heterocycles. The highest BCUT2D eigenvalue weighted by Gasteiger charge is 2.35. The molecule has 6 nitrogen and oxygen atoms in total. The zero-order valence-corrected chi connectivity index (χ0v) is 13.5. The SMILES string of the molecule is COCC1(CNS(=O)(=O)c2ccc(OC)cc2F)CCCN1. The molecule has 0 amide bonds. The van der Waals surface area contributed by atoms with Gasteiger partial charge < -0.3 is 14.8 Å². The van der Waals surface area contributed by atoms with Crippen LogP contribution < -0.4 is 14.8 Å². The van der Waals surface area contributed by atoms with E-state index in [0.29, 0.717) is 6.61 Å². The van der Waals surface area contributed by atoms with Gasteiger partial charge in [-0.2, -0.15) is 0 Å². The summed E-state index contributed by atoms with van der Waals surface area (Å²) in [6.45, 7) is 1.34. The first-order valence-electron chi connectivity index (χ1n) is 7.00. The van der Waals surface area contributed by atoms with Gasteiger partial charge in [0.2, 0.25) is 10.0 Å². The van der Waals surface area contributed by atoms with Crippen molar-refractivity contribution in [2.24, 2.45) is 0 Å². The van der Waals surface area contributed by atoms with E-state index in [1.165, 1.54) is 19.2 Å². The second kappa shape index (κ2) is 6.91. The summed E-state index contributed by atoms with van der Waals surface area (Å²) in [6.07, 6.45) is 1.75. The van der Waals surface area contributed by atoms with E-state index in [0.717, 1.165) is 25.5 Å². The Bertz CT molecular complexity index is 615. The Morgan fingerprint density at radius 1 is 1.41 bits per heavy atom. The molecule has 0 bridgehead atoms. The van der Waals surface area contributed by atoms with Crippen LogP contribution in [0.3, 0.4) is 0 Å². The third-order valence-corrected chi connectivity index (χ3v) is 5.22. The fraction of sp³-hybridized carbons (Fsp3) is 0.571. The highest BCUT2D eigenvalue weighted by molar-refractivity contribution is 7.89. The van der Waals surface area contributed by atoms with E-state index in [1.54, 1.807) is 7.11 Å². The summed E-state index contributed by atoms with van der Waals surface area (Å²) in [5.41, 5.74) is -0.440. The molecule has 1 aromatic carbocycles. The lowest BCUT2D eigenvalue weighted by atomic mass is 9.99. The Morgan fingerprint density at radius 3 is 2.73 bits per heavy atom. The summed E-state index contributed by atoms with van der Waals surface area (Å²) < 4.78 is 51.0. The second-order valence-electron chi connectivity index (χ2n) is 5.36. The van der Waals surface area contributed by atoms with E-state index < -0.39 is 21.4 Å². The predicted octanol–water partition coefficient (Wildman–Crippen LogP) is 0.881. The van der Waals surface area contributed by atoms with Gasteiger partial charge >= 0.3 is 0 Å². The third-order valence-electron chi connectivity index (χ3n) is 3.78. The molecule has 1 aromatic rings. The molecule has 1 heterocycles. The predicted molar refractivity (Wildman–Crippen MR) is 80.0 cm³/mol. The number of sulfonamides is 1. The molecular formula is C14H21FN2O4S. The van der Waals surface area contributed by atoms with Crippen molar-refractivity contribution in [2.75, 3.05) is 33.9 Å². The summed E-state index contributed by atoms with van der Waals surface area (Å²) in [5, 5.41) is 3.26. The van der Waals surface area contributed by atoms with E-state index in [1.807, 2.05) is 0 Å². The van der Waals surface area contributed by atoms with Gasteiger partial charge in [-0.05, 0) is 31.5 Å². The first kappa shape index (κ1) is 17.1. The van der Waals surface area contributed by atoms with Crippen LogP contribution in [0.15, 0.2) is 23.1 Å². The summed E-state index contributed by atoms with van der Waals surface area (Å²) in [4.78, 5) is -0.390. The van der Waals surface area contributed by atoms with Crippen LogP contribution in [0.2, 0.25) is 0 Å². The number of benzene rings is 1. The van der Waals surface area contributed by atoms with Crippen LogP contribution in [0, 0.1) is 5.82 Å². The summed E-state index contributed by atoms with van der Waals surface area (Å²) >= 11 is 0. The van der Waals surface area contributed by atoms with Crippen LogP contribution in [-0.4, -0.2) is 47.9 Å². The average Bonchev–Trinajstić information content (AvgIpc) is 2.94. The van der Waals surface area contributed by atoms with Gasteiger partial charge in [-0.1, -0.05) is 0 Å². The van der Waals surface area contributed by atoms with Crippen LogP contribution in [0.1, 0.15) is 12.8 Å². The number of ether oxygens (including phenoxy) is 2. The summed E-state index contributed by atoms with van der Waals surface area (Å²) in [5.74, 6) is -0.572. The number of rotatable bonds is 7. The van der Waals surface area contributed by atoms with E-state index in [2.05, 4.69) is 10.0 Å². The topological polar surface area (TPSA) is 76.7 Å². The Kier molecular flexibility index (Phi) is 5.38. The summed E-state index contributed by atoms with van der Waals surface area (Å²) in [6, 6.07) is 3.66. The molecule has 0 spiro atoms. The molecule has 124 valence electrons. The van der Waals surface area contributed by atoms with Crippen molar-refractivity contribution >= 4 is 10.0 Å². The van der Waals surface area contributed by atoms with Crippen molar-refractivity contribution in [3.63, 3.8) is 0 Å². The number of hydrogen-bond donors (Lipinski definition) is 2. The van der Waals surface area contributed by atoms with E-state index in [9.17, 15) is 12.8 Å². The highest BCUT2D eigenvalue weighted by atomic mass is 32.2. The van der Waals surface area contributed by atoms with Crippen LogP contribution >= 0.6 is 0 Å². The molecule has 22 heavy (non-hydrogen) atoms. The number of halogens is 1. The standard InChI is InChI=1S/C14H21FN2O4S/c1-20-10-14(6-3-7-16-14)9-17-22(18,19)13-5-4-11(21-2)8-12(13)15/h4-5,8,16-17H,3,6-7,9-10H2,1-2H3. The van der Waals surface area contributed by atoms with E-state index >= 15 is 0 Å². The van der Waals surface area contributed by atoms with Gasteiger partial charge in [-0.15, -0.1) is 0 Å². The largest absolute Gasteiger partial charge is 0.497 e. The van der Waals surface area contributed by atoms with E-state index in [4.69, 9.17) is 9.47 Å². The van der Waals surface area contributed by atoms with Crippen LogP contribution in [0.4, 0.5) is 4.39 Å². The quantitative estimate of drug-likeness (QED) is 0.775. The molecule has 8 heteroatoms. The average molecular weight is 332 g/mol. The van der Waals surface area contributed by atoms with Crippen LogP contribution in [-0.2, 0) is 14.8 Å². The normalized spacial score (nSPS) is 22.0. The molecule has 1 unspecified atom stereocenters. The molecule has 0 aromatic heterocycles. The molecule has 2 rings (SSSR count). The second-order valence-corrected chi connectivity index (χ2v) is 7.10. The van der Waals surface area contributed by atoms with Crippen LogP contribution in [0.5, 0.6) is 5.75 Å². The molecule has 0 radical (unpaired) electrons. The zero-order valence-electron chi connectivity index (χ0n) is 12.7. The lowest BCUT2D eigenvalue weighted by Crippen LogP contribution is -2.52. The van der Waals surface area contributed by atoms with Gasteiger partial charge in [0.25, 0.3) is 0 Å². The maximum Gasteiger partial charge on any atom is 0.243 e. The van der Waals surface area contributed by atoms with Crippen molar-refractivity contribution in [3.8, 4) is 5.75 Å². The Morgan fingerprint density at radius 2 is 2.18 bits per heavy atom. The van der Waals surface area contributed by atoms with Gasteiger partial charge in [0.15, 0.2) is 0 Å². The fourth-order valence-electron chi connectivity index (χ4n) is 2.61. The molecule has 0 aliphatic carbocycles. The molecule has 2 N–H and O–H groups in total. The minimum Gasteiger partial charge on any atom is -0.497 e. The van der Waals surface area contributed by atoms with Crippen molar-refractivity contribution in [3.05, 3.63) is 24.0 Å². The van der Waals surface area contributed by atoms with Gasteiger partial charge in [0.05, 0.1) is 19.3 Å². The molecular weight excluding hydrogens is 311 g/mol. The van der Waals surface area contributed by atoms with Gasteiger partial charge in [0, 0.05) is 19.7 Å². The monoisotopic (exact) mass is 332 g/mol. The number of hydrogen-bond acceptors (Lipinski definition) is 5. The first-order valence-corrected chi connectivity index (χ1v) is 8.48. The molecule has 1 aliphatic rings. The lowest BCUT2D eigenvalue weighted by molar-refractivity contribution is 0.122. The smallest absolute Gasteiger partial charge is 0.243 e. The molecule has 0 saturated carbocycles. The maximum absolute atomic E-state index is 13.9. The first-order chi connectivity index (χ1) is 10.4. The van der Waals surface area contributed by atoms with Crippen molar-refractivity contribution in [1.82, 2.24) is 10.0 Å². The number of nitrogens with one attached hydrogen (secondary N) is 2. The van der Waals surface area contributed by atoms with Crippen LogP contribution in [0.25, 0.3) is 0 Å². The third kappa shape index (κ3) is 3.75. The summed E-state index contributed by atoms with van der Waals surface area (Å²) in [7, 11) is -0.977. The Labute approximate surface area is 130 Å². The fourth-order valence-corrected chi connectivity index (χ4v) is 3.79. The number of methoxy groups -OCH3 is 2. The minimum atomic E-state index is -3.94. The molecule has 1 saturated heterocycles. The molecule has 1 atom stereocenters. The van der Waals surface area contributed by atoms with Gasteiger partial charge in [-0.3, -0.25) is 0 Å². The van der Waals surface area contributed by atoms with Gasteiger partial charge in [-0.25, -0.2) is 17.5 Å². The van der Waals surface area contributed by atoms with Crippen molar-refractivity contribution in [1.29, 1.82) is 0 Å². The Hall–Kier alpha value is -1.22. The Balaban J connectivity index is 2.14. The lowest BCUT2D eigenvalue weighted by Gasteiger charge is -2.28. The molecule has 1 fully saturated rings. The minimum absolute atomic E-state index is 0.147. The van der Waals surface area contributed by atoms with Gasteiger partial charge in [0.1, 0.15) is 16.5 Å². The van der Waals surface area contributed by atoms with Crippen molar-refractivity contribution < 1.29 is 22.3 Å².